The monoisotopic (exact) mass is 364 g/mol. The lowest BCUT2D eigenvalue weighted by Gasteiger charge is -2.08. The summed E-state index contributed by atoms with van der Waals surface area (Å²) in [5.74, 6) is -2.05. The summed E-state index contributed by atoms with van der Waals surface area (Å²) in [5.41, 5.74) is 3.85. The predicted octanol–water partition coefficient (Wildman–Crippen LogP) is 0.144. The van der Waals surface area contributed by atoms with Gasteiger partial charge in [-0.15, -0.1) is 0 Å². The molecule has 9 nitrogen and oxygen atoms in total. The first-order valence-corrected chi connectivity index (χ1v) is 7.29. The summed E-state index contributed by atoms with van der Waals surface area (Å²) in [6.07, 6.45) is 0. The second kappa shape index (κ2) is 8.06. The Labute approximate surface area is 146 Å². The second-order valence-electron chi connectivity index (χ2n) is 4.71. The van der Waals surface area contributed by atoms with Crippen LogP contribution in [0.15, 0.2) is 41.2 Å². The molecule has 2 rings (SSSR count). The predicted molar refractivity (Wildman–Crippen MR) is 86.9 cm³/mol. The molecular formula is C15H13ClN4O5. The summed E-state index contributed by atoms with van der Waals surface area (Å²) >= 11 is 5.79. The number of amides is 2. The number of hydrazine groups is 1. The third-order valence-electron chi connectivity index (χ3n) is 2.98. The van der Waals surface area contributed by atoms with Crippen LogP contribution in [-0.2, 0) is 16.1 Å². The Morgan fingerprint density at radius 2 is 1.88 bits per heavy atom. The lowest BCUT2D eigenvalue weighted by atomic mass is 10.2. The summed E-state index contributed by atoms with van der Waals surface area (Å²) in [5, 5.41) is 4.11. The molecule has 2 aromatic rings. The average Bonchev–Trinajstić information content (AvgIpc) is 2.61. The van der Waals surface area contributed by atoms with Gasteiger partial charge in [-0.05, 0) is 24.3 Å². The van der Waals surface area contributed by atoms with Gasteiger partial charge in [0.1, 0.15) is 6.54 Å². The third kappa shape index (κ3) is 4.88. The molecule has 0 aliphatic rings. The molecule has 0 saturated carbocycles. The highest BCUT2D eigenvalue weighted by Gasteiger charge is 2.13. The van der Waals surface area contributed by atoms with Crippen molar-refractivity contribution in [3.63, 3.8) is 0 Å². The number of hydrogen-bond donors (Lipinski definition) is 2. The number of halogens is 1. The number of nitrogens with one attached hydrogen (secondary N) is 2. The Morgan fingerprint density at radius 3 is 2.56 bits per heavy atom. The number of aromatic nitrogens is 2. The third-order valence-corrected chi connectivity index (χ3v) is 3.22. The van der Waals surface area contributed by atoms with Crippen molar-refractivity contribution >= 4 is 29.4 Å². The van der Waals surface area contributed by atoms with Gasteiger partial charge in [-0.1, -0.05) is 17.7 Å². The van der Waals surface area contributed by atoms with E-state index in [0.717, 1.165) is 23.9 Å². The van der Waals surface area contributed by atoms with Crippen molar-refractivity contribution in [1.29, 1.82) is 0 Å². The minimum atomic E-state index is -0.769. The van der Waals surface area contributed by atoms with Crippen molar-refractivity contribution in [1.82, 2.24) is 20.6 Å². The molecule has 0 aliphatic carbocycles. The van der Waals surface area contributed by atoms with E-state index in [0.29, 0.717) is 5.02 Å². The first kappa shape index (κ1) is 18.1. The summed E-state index contributed by atoms with van der Waals surface area (Å²) in [6, 6.07) is 8.37. The molecule has 0 saturated heterocycles. The van der Waals surface area contributed by atoms with Gasteiger partial charge in [0.05, 0.1) is 7.11 Å². The molecule has 2 N–H and O–H groups in total. The highest BCUT2D eigenvalue weighted by Crippen LogP contribution is 2.10. The van der Waals surface area contributed by atoms with Gasteiger partial charge in [0, 0.05) is 16.7 Å². The van der Waals surface area contributed by atoms with Gasteiger partial charge >= 0.3 is 5.97 Å². The van der Waals surface area contributed by atoms with Crippen molar-refractivity contribution in [3.8, 4) is 0 Å². The van der Waals surface area contributed by atoms with Crippen LogP contribution in [0.5, 0.6) is 0 Å². The molecule has 130 valence electrons. The van der Waals surface area contributed by atoms with E-state index in [2.05, 4.69) is 20.7 Å². The van der Waals surface area contributed by atoms with Gasteiger partial charge in [-0.2, -0.15) is 5.10 Å². The van der Waals surface area contributed by atoms with E-state index < -0.39 is 29.9 Å². The van der Waals surface area contributed by atoms with E-state index in [1.165, 1.54) is 12.1 Å². The first-order chi connectivity index (χ1) is 11.9. The standard InChI is InChI=1S/C15H13ClN4O5/c1-25-13(22)8-20-12(21)6-5-11(19-20)15(24)18-17-14(23)9-3-2-4-10(16)7-9/h2-7H,8H2,1H3,(H,17,23)(H,18,24). The molecule has 0 spiro atoms. The maximum absolute atomic E-state index is 12.0. The number of rotatable bonds is 4. The zero-order valence-corrected chi connectivity index (χ0v) is 13.7. The molecule has 25 heavy (non-hydrogen) atoms. The fourth-order valence-corrected chi connectivity index (χ4v) is 1.94. The maximum Gasteiger partial charge on any atom is 0.327 e. The summed E-state index contributed by atoms with van der Waals surface area (Å²) in [4.78, 5) is 46.8. The van der Waals surface area contributed by atoms with Gasteiger partial charge < -0.3 is 4.74 Å². The van der Waals surface area contributed by atoms with Crippen LogP contribution >= 0.6 is 11.6 Å². The smallest absolute Gasteiger partial charge is 0.327 e. The van der Waals surface area contributed by atoms with Crippen LogP contribution in [-0.4, -0.2) is 34.7 Å². The number of esters is 1. The van der Waals surface area contributed by atoms with Crippen LogP contribution < -0.4 is 16.4 Å². The van der Waals surface area contributed by atoms with Gasteiger partial charge in [-0.3, -0.25) is 30.0 Å². The molecule has 0 atom stereocenters. The van der Waals surface area contributed by atoms with Gasteiger partial charge in [0.25, 0.3) is 17.4 Å². The molecule has 1 aromatic carbocycles. The number of ether oxygens (including phenoxy) is 1. The number of hydrogen-bond acceptors (Lipinski definition) is 6. The number of methoxy groups -OCH3 is 1. The van der Waals surface area contributed by atoms with Crippen LogP contribution in [0.3, 0.4) is 0 Å². The molecule has 0 radical (unpaired) electrons. The van der Waals surface area contributed by atoms with E-state index in [1.807, 2.05) is 0 Å². The highest BCUT2D eigenvalue weighted by atomic mass is 35.5. The van der Waals surface area contributed by atoms with E-state index in [1.54, 1.807) is 12.1 Å². The van der Waals surface area contributed by atoms with Crippen molar-refractivity contribution < 1.29 is 19.1 Å². The Hall–Kier alpha value is -3.20. The maximum atomic E-state index is 12.0. The molecule has 2 amide bonds. The van der Waals surface area contributed by atoms with Crippen molar-refractivity contribution in [2.24, 2.45) is 0 Å². The number of carbonyl (C=O) groups is 3. The van der Waals surface area contributed by atoms with Crippen LogP contribution in [0.1, 0.15) is 20.8 Å². The normalized spacial score (nSPS) is 10.0. The van der Waals surface area contributed by atoms with Gasteiger partial charge in [-0.25, -0.2) is 4.68 Å². The van der Waals surface area contributed by atoms with Crippen molar-refractivity contribution in [2.75, 3.05) is 7.11 Å². The average molecular weight is 365 g/mol. The molecule has 10 heteroatoms. The van der Waals surface area contributed by atoms with E-state index in [9.17, 15) is 19.2 Å². The van der Waals surface area contributed by atoms with Crippen LogP contribution in [0.2, 0.25) is 5.02 Å². The van der Waals surface area contributed by atoms with E-state index >= 15 is 0 Å². The topological polar surface area (TPSA) is 119 Å². The molecule has 1 heterocycles. The largest absolute Gasteiger partial charge is 0.468 e. The Bertz CT molecular complexity index is 880. The zero-order valence-electron chi connectivity index (χ0n) is 13.0. The second-order valence-corrected chi connectivity index (χ2v) is 5.15. The minimum absolute atomic E-state index is 0.171. The van der Waals surface area contributed by atoms with Crippen molar-refractivity contribution in [2.45, 2.75) is 6.54 Å². The Balaban J connectivity index is 2.05. The number of nitrogens with zero attached hydrogens (tertiary/aromatic N) is 2. The summed E-state index contributed by atoms with van der Waals surface area (Å²) in [6.45, 7) is -0.439. The van der Waals surface area contributed by atoms with Gasteiger partial charge in [0.15, 0.2) is 5.69 Å². The first-order valence-electron chi connectivity index (χ1n) is 6.92. The van der Waals surface area contributed by atoms with Crippen molar-refractivity contribution in [3.05, 3.63) is 63.0 Å². The number of carbonyl (C=O) groups excluding carboxylic acids is 3. The minimum Gasteiger partial charge on any atom is -0.468 e. The van der Waals surface area contributed by atoms with E-state index in [-0.39, 0.29) is 11.3 Å². The molecule has 0 aliphatic heterocycles. The fraction of sp³-hybridized carbons (Fsp3) is 0.133. The fourth-order valence-electron chi connectivity index (χ4n) is 1.75. The number of benzene rings is 1. The van der Waals surface area contributed by atoms with Gasteiger partial charge in [0.2, 0.25) is 0 Å². The van der Waals surface area contributed by atoms with Crippen LogP contribution in [0, 0.1) is 0 Å². The van der Waals surface area contributed by atoms with Crippen LogP contribution in [0.25, 0.3) is 0 Å². The lowest BCUT2D eigenvalue weighted by Crippen LogP contribution is -2.42. The lowest BCUT2D eigenvalue weighted by molar-refractivity contribution is -0.141. The zero-order chi connectivity index (χ0) is 18.4. The highest BCUT2D eigenvalue weighted by molar-refractivity contribution is 6.30. The van der Waals surface area contributed by atoms with Crippen LogP contribution in [0.4, 0.5) is 0 Å². The summed E-state index contributed by atoms with van der Waals surface area (Å²) in [7, 11) is 1.16. The molecule has 0 fully saturated rings. The quantitative estimate of drug-likeness (QED) is 0.588. The molecule has 0 bridgehead atoms. The molecule has 1 aromatic heterocycles. The Morgan fingerprint density at radius 1 is 1.16 bits per heavy atom. The Kier molecular flexibility index (Phi) is 5.85. The molecule has 0 unspecified atom stereocenters. The molecular weight excluding hydrogens is 352 g/mol. The summed E-state index contributed by atoms with van der Waals surface area (Å²) < 4.78 is 5.22. The van der Waals surface area contributed by atoms with E-state index in [4.69, 9.17) is 11.6 Å². The SMILES string of the molecule is COC(=O)Cn1nc(C(=O)NNC(=O)c2cccc(Cl)c2)ccc1=O.